The third kappa shape index (κ3) is 3.69. The summed E-state index contributed by atoms with van der Waals surface area (Å²) in [6.07, 6.45) is 1.31. The molecule has 126 valence electrons. The van der Waals surface area contributed by atoms with Crippen molar-refractivity contribution < 1.29 is 30.0 Å². The summed E-state index contributed by atoms with van der Waals surface area (Å²) in [6, 6.07) is 5.04. The molecule has 8 nitrogen and oxygen atoms in total. The molecule has 9 heteroatoms. The van der Waals surface area contributed by atoms with Crippen LogP contribution in [0, 0.1) is 0 Å². The number of amides is 1. The highest BCUT2D eigenvalue weighted by atomic mass is 79.9. The van der Waals surface area contributed by atoms with E-state index >= 15 is 0 Å². The van der Waals surface area contributed by atoms with Crippen molar-refractivity contribution in [1.82, 2.24) is 5.43 Å². The van der Waals surface area contributed by atoms with Gasteiger partial charge in [-0.1, -0.05) is 0 Å². The average Bonchev–Trinajstić information content (AvgIpc) is 2.55. The lowest BCUT2D eigenvalue weighted by atomic mass is 10.2. The van der Waals surface area contributed by atoms with E-state index in [-0.39, 0.29) is 17.1 Å². The SMILES string of the molecule is COc1cc(/C=N/NC(=O)c2cc(O)c(O)c(O)c2)cc(Br)c1O. The maximum atomic E-state index is 11.9. The van der Waals surface area contributed by atoms with E-state index in [2.05, 4.69) is 26.5 Å². The summed E-state index contributed by atoms with van der Waals surface area (Å²) >= 11 is 3.16. The molecule has 0 heterocycles. The number of benzene rings is 2. The summed E-state index contributed by atoms with van der Waals surface area (Å²) in [5.41, 5.74) is 2.64. The van der Waals surface area contributed by atoms with Gasteiger partial charge >= 0.3 is 0 Å². The van der Waals surface area contributed by atoms with Gasteiger partial charge in [0.05, 0.1) is 17.8 Å². The van der Waals surface area contributed by atoms with Crippen molar-refractivity contribution in [3.8, 4) is 28.7 Å². The van der Waals surface area contributed by atoms with Crippen molar-refractivity contribution in [3.63, 3.8) is 0 Å². The Labute approximate surface area is 144 Å². The van der Waals surface area contributed by atoms with E-state index in [1.54, 1.807) is 6.07 Å². The Kier molecular flexibility index (Phi) is 5.14. The fourth-order valence-corrected chi connectivity index (χ4v) is 2.25. The first-order valence-corrected chi connectivity index (χ1v) is 7.27. The minimum atomic E-state index is -0.712. The first-order valence-electron chi connectivity index (χ1n) is 6.48. The molecule has 0 fully saturated rings. The Morgan fingerprint density at radius 1 is 1.12 bits per heavy atom. The van der Waals surface area contributed by atoms with Crippen LogP contribution in [-0.4, -0.2) is 39.7 Å². The van der Waals surface area contributed by atoms with Gasteiger partial charge in [0.1, 0.15) is 0 Å². The molecule has 2 aromatic rings. The van der Waals surface area contributed by atoms with Crippen LogP contribution >= 0.6 is 15.9 Å². The molecule has 2 aromatic carbocycles. The van der Waals surface area contributed by atoms with Crippen LogP contribution in [-0.2, 0) is 0 Å². The molecule has 24 heavy (non-hydrogen) atoms. The molecular weight excluding hydrogens is 384 g/mol. The van der Waals surface area contributed by atoms with E-state index < -0.39 is 23.2 Å². The van der Waals surface area contributed by atoms with Crippen molar-refractivity contribution in [2.24, 2.45) is 5.10 Å². The molecular formula is C15H13BrN2O6. The van der Waals surface area contributed by atoms with Crippen molar-refractivity contribution >= 4 is 28.1 Å². The predicted molar refractivity (Wildman–Crippen MR) is 88.9 cm³/mol. The molecule has 0 aliphatic carbocycles. The maximum absolute atomic E-state index is 11.9. The maximum Gasteiger partial charge on any atom is 0.271 e. The minimum Gasteiger partial charge on any atom is -0.504 e. The number of aromatic hydroxyl groups is 4. The van der Waals surface area contributed by atoms with Gasteiger partial charge in [-0.3, -0.25) is 4.79 Å². The molecule has 0 bridgehead atoms. The van der Waals surface area contributed by atoms with Crippen LogP contribution in [0.15, 0.2) is 33.8 Å². The summed E-state index contributed by atoms with van der Waals surface area (Å²) < 4.78 is 5.38. The van der Waals surface area contributed by atoms with Crippen molar-refractivity contribution in [2.45, 2.75) is 0 Å². The van der Waals surface area contributed by atoms with Gasteiger partial charge < -0.3 is 25.2 Å². The van der Waals surface area contributed by atoms with Crippen LogP contribution in [0.25, 0.3) is 0 Å². The van der Waals surface area contributed by atoms with Gasteiger partial charge in [-0.2, -0.15) is 5.10 Å². The van der Waals surface area contributed by atoms with E-state index in [1.165, 1.54) is 19.4 Å². The van der Waals surface area contributed by atoms with Gasteiger partial charge in [0.2, 0.25) is 0 Å². The lowest BCUT2D eigenvalue weighted by Gasteiger charge is -2.06. The largest absolute Gasteiger partial charge is 0.504 e. The quantitative estimate of drug-likeness (QED) is 0.305. The van der Waals surface area contributed by atoms with Crippen LogP contribution in [0.3, 0.4) is 0 Å². The summed E-state index contributed by atoms with van der Waals surface area (Å²) in [6.45, 7) is 0. The molecule has 1 amide bonds. The lowest BCUT2D eigenvalue weighted by Crippen LogP contribution is -2.17. The first-order chi connectivity index (χ1) is 11.3. The molecule has 0 aromatic heterocycles. The Hall–Kier alpha value is -2.94. The third-order valence-corrected chi connectivity index (χ3v) is 3.59. The number of nitrogens with one attached hydrogen (secondary N) is 1. The number of phenolic OH excluding ortho intramolecular Hbond substituents is 4. The second-order valence-corrected chi connectivity index (χ2v) is 5.47. The summed E-state index contributed by atoms with van der Waals surface area (Å²) in [4.78, 5) is 11.9. The number of halogens is 1. The Balaban J connectivity index is 2.14. The lowest BCUT2D eigenvalue weighted by molar-refractivity contribution is 0.0954. The monoisotopic (exact) mass is 396 g/mol. The summed E-state index contributed by atoms with van der Waals surface area (Å²) in [7, 11) is 1.40. The minimum absolute atomic E-state index is 0.0614. The molecule has 0 atom stereocenters. The molecule has 2 rings (SSSR count). The topological polar surface area (TPSA) is 132 Å². The highest BCUT2D eigenvalue weighted by molar-refractivity contribution is 9.10. The van der Waals surface area contributed by atoms with Gasteiger partial charge in [0.15, 0.2) is 28.7 Å². The normalized spacial score (nSPS) is 10.8. The average molecular weight is 397 g/mol. The molecule has 0 saturated heterocycles. The summed E-state index contributed by atoms with van der Waals surface area (Å²) in [5.74, 6) is -2.51. The van der Waals surface area contributed by atoms with Crippen molar-refractivity contribution in [2.75, 3.05) is 7.11 Å². The predicted octanol–water partition coefficient (Wildman–Crippen LogP) is 2.04. The second-order valence-electron chi connectivity index (χ2n) is 4.62. The van der Waals surface area contributed by atoms with Gasteiger partial charge in [0, 0.05) is 5.56 Å². The van der Waals surface area contributed by atoms with Crippen molar-refractivity contribution in [1.29, 1.82) is 0 Å². The number of nitrogens with zero attached hydrogens (tertiary/aromatic N) is 1. The fraction of sp³-hybridized carbons (Fsp3) is 0.0667. The number of hydrogen-bond acceptors (Lipinski definition) is 7. The van der Waals surface area contributed by atoms with Crippen LogP contribution in [0.4, 0.5) is 0 Å². The van der Waals surface area contributed by atoms with E-state index in [0.29, 0.717) is 10.0 Å². The smallest absolute Gasteiger partial charge is 0.271 e. The Bertz CT molecular complexity index is 799. The number of carbonyl (C=O) groups excluding carboxylic acids is 1. The number of methoxy groups -OCH3 is 1. The van der Waals surface area contributed by atoms with Crippen LogP contribution < -0.4 is 10.2 Å². The van der Waals surface area contributed by atoms with Gasteiger partial charge in [-0.05, 0) is 45.8 Å². The number of hydrogen-bond donors (Lipinski definition) is 5. The Morgan fingerprint density at radius 3 is 2.33 bits per heavy atom. The fourth-order valence-electron chi connectivity index (χ4n) is 1.79. The second kappa shape index (κ2) is 7.09. The van der Waals surface area contributed by atoms with Crippen LogP contribution in [0.2, 0.25) is 0 Å². The van der Waals surface area contributed by atoms with Gasteiger partial charge in [0.25, 0.3) is 5.91 Å². The standard InChI is InChI=1S/C15H13BrN2O6/c1-24-12-3-7(2-9(16)13(12)21)6-17-18-15(23)8-4-10(19)14(22)11(20)5-8/h2-6,19-22H,1H3,(H,18,23)/b17-6+. The summed E-state index contributed by atoms with van der Waals surface area (Å²) in [5, 5.41) is 41.4. The third-order valence-electron chi connectivity index (χ3n) is 2.98. The number of ether oxygens (including phenoxy) is 1. The number of hydrazone groups is 1. The number of rotatable bonds is 4. The van der Waals surface area contributed by atoms with E-state index in [4.69, 9.17) is 4.74 Å². The number of carbonyl (C=O) groups is 1. The molecule has 0 aliphatic rings. The van der Waals surface area contributed by atoms with Gasteiger partial charge in [-0.25, -0.2) is 5.43 Å². The van der Waals surface area contributed by atoms with E-state index in [1.807, 2.05) is 0 Å². The number of phenols is 4. The molecule has 0 unspecified atom stereocenters. The molecule has 0 aliphatic heterocycles. The van der Waals surface area contributed by atoms with Crippen LogP contribution in [0.5, 0.6) is 28.7 Å². The molecule has 0 radical (unpaired) electrons. The molecule has 0 spiro atoms. The highest BCUT2D eigenvalue weighted by Crippen LogP contribution is 2.35. The first kappa shape index (κ1) is 17.4. The molecule has 0 saturated carbocycles. The van der Waals surface area contributed by atoms with Crippen LogP contribution in [0.1, 0.15) is 15.9 Å². The Morgan fingerprint density at radius 2 is 1.75 bits per heavy atom. The van der Waals surface area contributed by atoms with E-state index in [9.17, 15) is 25.2 Å². The van der Waals surface area contributed by atoms with Crippen molar-refractivity contribution in [3.05, 3.63) is 39.9 Å². The highest BCUT2D eigenvalue weighted by Gasteiger charge is 2.13. The van der Waals surface area contributed by atoms with E-state index in [0.717, 1.165) is 12.1 Å². The molecule has 5 N–H and O–H groups in total. The zero-order valence-corrected chi connectivity index (χ0v) is 13.9. The zero-order valence-electron chi connectivity index (χ0n) is 12.3. The van der Waals surface area contributed by atoms with Gasteiger partial charge in [-0.15, -0.1) is 0 Å². The zero-order chi connectivity index (χ0) is 17.9.